The van der Waals surface area contributed by atoms with Crippen molar-refractivity contribution in [2.45, 2.75) is 5.41 Å². The number of rotatable bonds is 2. The van der Waals surface area contributed by atoms with E-state index in [-0.39, 0.29) is 0 Å². The molecule has 0 saturated heterocycles. The SMILES string of the molecule is c1ccc(-c2ccc(C34c5ccccc5Oc5cccc(c53)Oc3ccccc34)cc2)cc1. The van der Waals surface area contributed by atoms with Gasteiger partial charge in [-0.1, -0.05) is 97.1 Å². The minimum atomic E-state index is -0.523. The van der Waals surface area contributed by atoms with Crippen molar-refractivity contribution in [2.75, 3.05) is 0 Å². The summed E-state index contributed by atoms with van der Waals surface area (Å²) >= 11 is 0. The summed E-state index contributed by atoms with van der Waals surface area (Å²) < 4.78 is 12.8. The summed E-state index contributed by atoms with van der Waals surface area (Å²) in [6.07, 6.45) is 0. The number of benzene rings is 5. The highest BCUT2D eigenvalue weighted by Gasteiger charge is 2.50. The zero-order chi connectivity index (χ0) is 21.8. The zero-order valence-electron chi connectivity index (χ0n) is 17.9. The van der Waals surface area contributed by atoms with Gasteiger partial charge in [-0.3, -0.25) is 0 Å². The Morgan fingerprint density at radius 2 is 0.879 bits per heavy atom. The first-order chi connectivity index (χ1) is 16.4. The van der Waals surface area contributed by atoms with Gasteiger partial charge in [-0.2, -0.15) is 0 Å². The number of hydrogen-bond donors (Lipinski definition) is 0. The van der Waals surface area contributed by atoms with Crippen LogP contribution in [0, 0.1) is 0 Å². The molecule has 5 aromatic carbocycles. The molecular weight excluding hydrogens is 404 g/mol. The second-order valence-corrected chi connectivity index (χ2v) is 8.52. The average molecular weight is 424 g/mol. The normalized spacial score (nSPS) is 14.2. The van der Waals surface area contributed by atoms with Gasteiger partial charge in [0, 0.05) is 11.1 Å². The van der Waals surface area contributed by atoms with Gasteiger partial charge in [0.15, 0.2) is 0 Å². The molecule has 0 saturated carbocycles. The lowest BCUT2D eigenvalue weighted by molar-refractivity contribution is 0.385. The third kappa shape index (κ3) is 2.49. The Morgan fingerprint density at radius 1 is 0.394 bits per heavy atom. The van der Waals surface area contributed by atoms with Crippen molar-refractivity contribution in [1.29, 1.82) is 0 Å². The fourth-order valence-corrected chi connectivity index (χ4v) is 5.43. The van der Waals surface area contributed by atoms with Crippen molar-refractivity contribution in [3.05, 3.63) is 144 Å². The molecule has 0 aliphatic carbocycles. The summed E-state index contributed by atoms with van der Waals surface area (Å²) in [5.74, 6) is 3.44. The molecule has 2 heterocycles. The number of para-hydroxylation sites is 2. The molecule has 0 unspecified atom stereocenters. The van der Waals surface area contributed by atoms with Gasteiger partial charge in [0.2, 0.25) is 0 Å². The quantitative estimate of drug-likeness (QED) is 0.280. The predicted molar refractivity (Wildman–Crippen MR) is 130 cm³/mol. The molecule has 2 aliphatic heterocycles. The molecule has 0 spiro atoms. The van der Waals surface area contributed by atoms with E-state index in [2.05, 4.69) is 84.9 Å². The monoisotopic (exact) mass is 424 g/mol. The van der Waals surface area contributed by atoms with Gasteiger partial charge in [0.1, 0.15) is 23.0 Å². The molecule has 5 aromatic rings. The highest BCUT2D eigenvalue weighted by Crippen LogP contribution is 2.62. The molecule has 33 heavy (non-hydrogen) atoms. The Morgan fingerprint density at radius 3 is 1.48 bits per heavy atom. The Labute approximate surface area is 192 Å². The Bertz CT molecular complexity index is 1430. The molecule has 2 heteroatoms. The van der Waals surface area contributed by atoms with Crippen LogP contribution in [-0.4, -0.2) is 0 Å². The summed E-state index contributed by atoms with van der Waals surface area (Å²) in [7, 11) is 0. The van der Waals surface area contributed by atoms with Crippen LogP contribution in [0.25, 0.3) is 11.1 Å². The van der Waals surface area contributed by atoms with Gasteiger partial charge < -0.3 is 9.47 Å². The van der Waals surface area contributed by atoms with Crippen molar-refractivity contribution in [1.82, 2.24) is 0 Å². The van der Waals surface area contributed by atoms with E-state index in [1.807, 2.05) is 36.4 Å². The maximum absolute atomic E-state index is 6.40. The van der Waals surface area contributed by atoms with Gasteiger partial charge >= 0.3 is 0 Å². The lowest BCUT2D eigenvalue weighted by Gasteiger charge is -2.45. The van der Waals surface area contributed by atoms with Crippen molar-refractivity contribution in [3.8, 4) is 34.1 Å². The molecule has 7 rings (SSSR count). The van der Waals surface area contributed by atoms with E-state index < -0.39 is 5.41 Å². The first-order valence-corrected chi connectivity index (χ1v) is 11.2. The molecule has 0 fully saturated rings. The number of ether oxygens (including phenoxy) is 2. The Hall–Kier alpha value is -4.30. The van der Waals surface area contributed by atoms with E-state index in [0.717, 1.165) is 39.7 Å². The molecule has 0 atom stereocenters. The van der Waals surface area contributed by atoms with Crippen LogP contribution in [0.2, 0.25) is 0 Å². The third-order valence-corrected chi connectivity index (χ3v) is 6.81. The standard InChI is InChI=1S/C31H20O2/c1-2-9-21(10-3-1)22-17-19-23(20-18-22)31-24-11-4-6-13-26(24)32-28-15-8-16-29(30(28)31)33-27-14-7-5-12-25(27)31/h1-20H. The van der Waals surface area contributed by atoms with Crippen LogP contribution in [0.4, 0.5) is 0 Å². The second-order valence-electron chi connectivity index (χ2n) is 8.52. The first-order valence-electron chi connectivity index (χ1n) is 11.2. The molecule has 0 bridgehead atoms. The van der Waals surface area contributed by atoms with Gasteiger partial charge in [-0.15, -0.1) is 0 Å². The van der Waals surface area contributed by atoms with Gasteiger partial charge in [-0.25, -0.2) is 0 Å². The summed E-state index contributed by atoms with van der Waals surface area (Å²) in [4.78, 5) is 0. The maximum Gasteiger partial charge on any atom is 0.135 e. The van der Waals surface area contributed by atoms with Crippen LogP contribution in [0.1, 0.15) is 22.3 Å². The third-order valence-electron chi connectivity index (χ3n) is 6.81. The van der Waals surface area contributed by atoms with E-state index in [9.17, 15) is 0 Å². The maximum atomic E-state index is 6.40. The summed E-state index contributed by atoms with van der Waals surface area (Å²) in [5, 5.41) is 0. The van der Waals surface area contributed by atoms with E-state index in [1.54, 1.807) is 0 Å². The van der Waals surface area contributed by atoms with E-state index in [1.165, 1.54) is 16.7 Å². The summed E-state index contributed by atoms with van der Waals surface area (Å²) in [6, 6.07) is 42.3. The summed E-state index contributed by atoms with van der Waals surface area (Å²) in [5.41, 5.74) is 6.41. The minimum absolute atomic E-state index is 0.523. The van der Waals surface area contributed by atoms with Crippen LogP contribution in [0.15, 0.2) is 121 Å². The van der Waals surface area contributed by atoms with Crippen molar-refractivity contribution >= 4 is 0 Å². The fourth-order valence-electron chi connectivity index (χ4n) is 5.43. The topological polar surface area (TPSA) is 18.5 Å². The number of fused-ring (bicyclic) bond motifs is 4. The minimum Gasteiger partial charge on any atom is -0.457 e. The van der Waals surface area contributed by atoms with Crippen molar-refractivity contribution in [2.24, 2.45) is 0 Å². The highest BCUT2D eigenvalue weighted by molar-refractivity contribution is 5.77. The summed E-state index contributed by atoms with van der Waals surface area (Å²) in [6.45, 7) is 0. The molecule has 2 aliphatic rings. The van der Waals surface area contributed by atoms with Crippen LogP contribution in [-0.2, 0) is 5.41 Å². The van der Waals surface area contributed by atoms with Crippen LogP contribution in [0.3, 0.4) is 0 Å². The lowest BCUT2D eigenvalue weighted by atomic mass is 9.62. The smallest absolute Gasteiger partial charge is 0.135 e. The highest BCUT2D eigenvalue weighted by atomic mass is 16.5. The molecular formula is C31H20O2. The molecule has 0 amide bonds. The molecule has 0 radical (unpaired) electrons. The van der Waals surface area contributed by atoms with Gasteiger partial charge in [-0.05, 0) is 41.0 Å². The fraction of sp³-hybridized carbons (Fsp3) is 0.0323. The Balaban J connectivity index is 1.57. The van der Waals surface area contributed by atoms with Crippen molar-refractivity contribution in [3.63, 3.8) is 0 Å². The van der Waals surface area contributed by atoms with Crippen LogP contribution >= 0.6 is 0 Å². The second kappa shape index (κ2) is 6.85. The van der Waals surface area contributed by atoms with Gasteiger partial charge in [0.25, 0.3) is 0 Å². The van der Waals surface area contributed by atoms with Gasteiger partial charge in [0.05, 0.1) is 11.0 Å². The van der Waals surface area contributed by atoms with E-state index in [4.69, 9.17) is 9.47 Å². The molecule has 0 N–H and O–H groups in total. The van der Waals surface area contributed by atoms with Crippen molar-refractivity contribution < 1.29 is 9.47 Å². The first kappa shape index (κ1) is 18.3. The van der Waals surface area contributed by atoms with E-state index >= 15 is 0 Å². The van der Waals surface area contributed by atoms with Crippen LogP contribution < -0.4 is 9.47 Å². The lowest BCUT2D eigenvalue weighted by Crippen LogP contribution is -2.36. The van der Waals surface area contributed by atoms with Crippen LogP contribution in [0.5, 0.6) is 23.0 Å². The molecule has 0 aromatic heterocycles. The average Bonchev–Trinajstić information content (AvgIpc) is 2.89. The largest absolute Gasteiger partial charge is 0.457 e. The molecule has 156 valence electrons. The van der Waals surface area contributed by atoms with E-state index in [0.29, 0.717) is 0 Å². The predicted octanol–water partition coefficient (Wildman–Crippen LogP) is 7.95. The molecule has 2 nitrogen and oxygen atoms in total. The zero-order valence-corrected chi connectivity index (χ0v) is 17.9. The number of hydrogen-bond acceptors (Lipinski definition) is 2. The Kier molecular flexibility index (Phi) is 3.80.